The number of fused-ring (bicyclic) bond motifs is 7. The molecule has 0 radical (unpaired) electrons. The lowest BCUT2D eigenvalue weighted by molar-refractivity contribution is 0.768. The molecule has 12 aromatic rings. The number of rotatable bonds is 8. The summed E-state index contributed by atoms with van der Waals surface area (Å²) in [4.78, 5) is 2.51. The molecule has 2 heteroatoms. The molecule has 0 aliphatic heterocycles. The van der Waals surface area contributed by atoms with Gasteiger partial charge in [-0.2, -0.15) is 0 Å². The molecule has 0 saturated heterocycles. The van der Waals surface area contributed by atoms with Crippen molar-refractivity contribution in [2.75, 3.05) is 4.90 Å². The molecule has 0 amide bonds. The Hall–Kier alpha value is -8.72. The molecule has 1 aliphatic rings. The predicted octanol–water partition coefficient (Wildman–Crippen LogP) is 17.1. The minimum absolute atomic E-state index is 0.553. The number of hydrogen-bond donors (Lipinski definition) is 0. The molecule has 1 aromatic heterocycles. The topological polar surface area (TPSA) is 8.17 Å². The second kappa shape index (κ2) is 15.8. The highest BCUT2D eigenvalue weighted by atomic mass is 15.1. The van der Waals surface area contributed by atoms with Crippen molar-refractivity contribution < 1.29 is 0 Å². The van der Waals surface area contributed by atoms with Crippen molar-refractivity contribution in [3.05, 3.63) is 289 Å². The van der Waals surface area contributed by atoms with Gasteiger partial charge >= 0.3 is 0 Å². The van der Waals surface area contributed by atoms with Crippen molar-refractivity contribution in [1.82, 2.24) is 4.57 Å². The van der Waals surface area contributed by atoms with Gasteiger partial charge in [0.05, 0.1) is 22.1 Å². The second-order valence-electron chi connectivity index (χ2n) is 17.6. The molecule has 0 unspecified atom stereocenters. The number of nitrogens with zero attached hydrogens (tertiary/aromatic N) is 2. The summed E-state index contributed by atoms with van der Waals surface area (Å²) in [6.07, 6.45) is 0. The second-order valence-corrected chi connectivity index (χ2v) is 17.6. The van der Waals surface area contributed by atoms with Crippen molar-refractivity contribution in [1.29, 1.82) is 0 Å². The lowest BCUT2D eigenvalue weighted by Gasteiger charge is -2.35. The molecule has 11 aromatic carbocycles. The van der Waals surface area contributed by atoms with E-state index in [2.05, 4.69) is 276 Å². The Kier molecular flexibility index (Phi) is 9.11. The highest BCUT2D eigenvalue weighted by Crippen LogP contribution is 2.58. The first-order chi connectivity index (χ1) is 33.3. The van der Waals surface area contributed by atoms with Crippen LogP contribution in [-0.2, 0) is 5.41 Å². The summed E-state index contributed by atoms with van der Waals surface area (Å²) in [7, 11) is 0. The molecule has 0 N–H and O–H groups in total. The van der Waals surface area contributed by atoms with Gasteiger partial charge in [-0.3, -0.25) is 0 Å². The van der Waals surface area contributed by atoms with Gasteiger partial charge in [0.15, 0.2) is 0 Å². The summed E-state index contributed by atoms with van der Waals surface area (Å²) in [5.74, 6) is 0. The average Bonchev–Trinajstić information content (AvgIpc) is 3.90. The van der Waals surface area contributed by atoms with Crippen LogP contribution < -0.4 is 4.90 Å². The maximum atomic E-state index is 2.51. The van der Waals surface area contributed by atoms with Gasteiger partial charge in [0.25, 0.3) is 0 Å². The lowest BCUT2D eigenvalue weighted by atomic mass is 9.67. The molecule has 0 fully saturated rings. The SMILES string of the molecule is c1ccc(-c2cccc3cccc(-c4ccccc4N(c4ccc5c(c4)C(c4ccccc4)(c4ccccc4)c4ccccc4-5)c4ccc5c(c4)c4ccccc4n5-c4ccccc4)c23)cc1. The number of anilines is 3. The highest BCUT2D eigenvalue weighted by Gasteiger charge is 2.46. The Morgan fingerprint density at radius 1 is 0.328 bits per heavy atom. The Bertz CT molecular complexity index is 3750. The van der Waals surface area contributed by atoms with E-state index >= 15 is 0 Å². The number of hydrogen-bond acceptors (Lipinski definition) is 1. The van der Waals surface area contributed by atoms with Crippen LogP contribution in [0.2, 0.25) is 0 Å². The van der Waals surface area contributed by atoms with E-state index < -0.39 is 5.41 Å². The van der Waals surface area contributed by atoms with Gasteiger partial charge < -0.3 is 9.47 Å². The van der Waals surface area contributed by atoms with E-state index in [0.29, 0.717) is 0 Å². The molecule has 13 rings (SSSR count). The van der Waals surface area contributed by atoms with Gasteiger partial charge in [-0.1, -0.05) is 212 Å². The average molecular weight is 853 g/mol. The van der Waals surface area contributed by atoms with E-state index in [9.17, 15) is 0 Å². The number of para-hydroxylation sites is 3. The fourth-order valence-corrected chi connectivity index (χ4v) is 11.3. The normalized spacial score (nSPS) is 12.6. The third kappa shape index (κ3) is 6.04. The van der Waals surface area contributed by atoms with Crippen molar-refractivity contribution in [3.8, 4) is 39.1 Å². The molecular weight excluding hydrogens is 809 g/mol. The lowest BCUT2D eigenvalue weighted by Crippen LogP contribution is -2.28. The maximum Gasteiger partial charge on any atom is 0.0714 e. The molecule has 314 valence electrons. The van der Waals surface area contributed by atoms with Gasteiger partial charge in [0.2, 0.25) is 0 Å². The fraction of sp³-hybridized carbons (Fsp3) is 0.0154. The summed E-state index contributed by atoms with van der Waals surface area (Å²) in [5.41, 5.74) is 18.6. The van der Waals surface area contributed by atoms with Gasteiger partial charge in [0, 0.05) is 33.4 Å². The largest absolute Gasteiger partial charge is 0.310 e. The standard InChI is InChI=1S/C65H44N2/c1-5-21-45(22-6-1)52-34-19-23-46-24-20-35-57(64(46)52)55-32-14-17-37-61(55)66(50-40-42-63-58(43-50)56-33-15-18-38-62(56)67(63)49-29-11-4-12-30-49)51-39-41-54-53-31-13-16-36-59(53)65(60(54)44-51,47-25-7-2-8-26-47)48-27-9-3-10-28-48/h1-44H. The zero-order chi connectivity index (χ0) is 44.3. The smallest absolute Gasteiger partial charge is 0.0714 e. The molecule has 0 saturated carbocycles. The third-order valence-electron chi connectivity index (χ3n) is 14.1. The Labute approximate surface area is 390 Å². The van der Waals surface area contributed by atoms with Gasteiger partial charge in [-0.05, 0) is 115 Å². The van der Waals surface area contributed by atoms with E-state index in [4.69, 9.17) is 0 Å². The molecule has 2 nitrogen and oxygen atoms in total. The zero-order valence-corrected chi connectivity index (χ0v) is 36.8. The molecule has 0 atom stereocenters. The predicted molar refractivity (Wildman–Crippen MR) is 281 cm³/mol. The summed E-state index contributed by atoms with van der Waals surface area (Å²) in [5, 5.41) is 4.87. The minimum atomic E-state index is -0.553. The molecule has 0 bridgehead atoms. The monoisotopic (exact) mass is 852 g/mol. The first kappa shape index (κ1) is 38.7. The van der Waals surface area contributed by atoms with Crippen LogP contribution in [0.25, 0.3) is 71.6 Å². The fourth-order valence-electron chi connectivity index (χ4n) is 11.3. The van der Waals surface area contributed by atoms with Crippen LogP contribution in [0.5, 0.6) is 0 Å². The van der Waals surface area contributed by atoms with E-state index in [1.165, 1.54) is 82.6 Å². The van der Waals surface area contributed by atoms with Crippen LogP contribution in [0.15, 0.2) is 267 Å². The Morgan fingerprint density at radius 2 is 0.866 bits per heavy atom. The van der Waals surface area contributed by atoms with Crippen molar-refractivity contribution in [2.24, 2.45) is 0 Å². The Balaban J connectivity index is 1.11. The summed E-state index contributed by atoms with van der Waals surface area (Å²) < 4.78 is 2.40. The van der Waals surface area contributed by atoms with E-state index in [0.717, 1.165) is 28.3 Å². The first-order valence-electron chi connectivity index (χ1n) is 23.2. The summed E-state index contributed by atoms with van der Waals surface area (Å²) in [6, 6.07) is 98.2. The van der Waals surface area contributed by atoms with Gasteiger partial charge in [0.1, 0.15) is 0 Å². The van der Waals surface area contributed by atoms with Crippen LogP contribution in [0.1, 0.15) is 22.3 Å². The van der Waals surface area contributed by atoms with Crippen molar-refractivity contribution in [2.45, 2.75) is 5.41 Å². The van der Waals surface area contributed by atoms with Crippen molar-refractivity contribution >= 4 is 49.6 Å². The van der Waals surface area contributed by atoms with E-state index in [1.54, 1.807) is 0 Å². The van der Waals surface area contributed by atoms with Crippen LogP contribution in [0.3, 0.4) is 0 Å². The van der Waals surface area contributed by atoms with Crippen molar-refractivity contribution in [3.63, 3.8) is 0 Å². The Morgan fingerprint density at radius 3 is 1.61 bits per heavy atom. The molecule has 67 heavy (non-hydrogen) atoms. The van der Waals surface area contributed by atoms with Crippen LogP contribution in [0, 0.1) is 0 Å². The van der Waals surface area contributed by atoms with E-state index in [1.807, 2.05) is 0 Å². The van der Waals surface area contributed by atoms with E-state index in [-0.39, 0.29) is 0 Å². The maximum absolute atomic E-state index is 2.51. The van der Waals surface area contributed by atoms with Crippen LogP contribution in [0.4, 0.5) is 17.1 Å². The minimum Gasteiger partial charge on any atom is -0.310 e. The van der Waals surface area contributed by atoms with Gasteiger partial charge in [-0.15, -0.1) is 0 Å². The third-order valence-corrected chi connectivity index (χ3v) is 14.1. The van der Waals surface area contributed by atoms with Crippen LogP contribution in [-0.4, -0.2) is 4.57 Å². The number of aromatic nitrogens is 1. The molecular formula is C65H44N2. The number of benzene rings is 11. The first-order valence-corrected chi connectivity index (χ1v) is 23.2. The van der Waals surface area contributed by atoms with Gasteiger partial charge in [-0.25, -0.2) is 0 Å². The quantitative estimate of drug-likeness (QED) is 0.148. The summed E-state index contributed by atoms with van der Waals surface area (Å²) >= 11 is 0. The van der Waals surface area contributed by atoms with Crippen LogP contribution >= 0.6 is 0 Å². The molecule has 1 aliphatic carbocycles. The summed E-state index contributed by atoms with van der Waals surface area (Å²) in [6.45, 7) is 0. The molecule has 0 spiro atoms. The highest BCUT2D eigenvalue weighted by molar-refractivity contribution is 6.12. The molecule has 1 heterocycles. The zero-order valence-electron chi connectivity index (χ0n) is 36.8.